The summed E-state index contributed by atoms with van der Waals surface area (Å²) in [5, 5.41) is 9.33. The molecule has 0 aliphatic carbocycles. The van der Waals surface area contributed by atoms with Gasteiger partial charge in [0, 0.05) is 17.7 Å². The Labute approximate surface area is 120 Å². The smallest absolute Gasteiger partial charge is 0.330 e. The highest BCUT2D eigenvalue weighted by Gasteiger charge is 2.37. The molecule has 0 unspecified atom stereocenters. The van der Waals surface area contributed by atoms with Crippen molar-refractivity contribution in [3.05, 3.63) is 32.6 Å². The minimum Gasteiger partial charge on any atom is -0.469 e. The van der Waals surface area contributed by atoms with Crippen LogP contribution in [-0.4, -0.2) is 40.4 Å². The van der Waals surface area contributed by atoms with E-state index in [0.717, 1.165) is 0 Å². The fraction of sp³-hybridized carbons (Fsp3) is 0.615. The van der Waals surface area contributed by atoms with Crippen LogP contribution >= 0.6 is 0 Å². The number of nitrogens with one attached hydrogen (secondary N) is 1. The van der Waals surface area contributed by atoms with Crippen molar-refractivity contribution in [1.29, 1.82) is 0 Å². The van der Waals surface area contributed by atoms with Crippen molar-refractivity contribution < 1.29 is 19.4 Å². The standard InChI is InChI=1S/C13H18N2O6/c1-7-5-15(13(19)14-12(7)18)10-3-8(4-11(17)20-2)9(6-16)21-10/h5,8-10,16H,3-4,6H2,1-2H3,(H,14,18,19)/t8-,9-,10-/m1/s1. The van der Waals surface area contributed by atoms with Gasteiger partial charge in [0.25, 0.3) is 5.56 Å². The molecule has 2 N–H and O–H groups in total. The minimum absolute atomic E-state index is 0.106. The van der Waals surface area contributed by atoms with Gasteiger partial charge in [-0.3, -0.25) is 19.1 Å². The van der Waals surface area contributed by atoms with Gasteiger partial charge in [-0.1, -0.05) is 0 Å². The van der Waals surface area contributed by atoms with Gasteiger partial charge in [0.1, 0.15) is 6.23 Å². The molecule has 1 aliphatic rings. The summed E-state index contributed by atoms with van der Waals surface area (Å²) in [5.74, 6) is -0.640. The predicted octanol–water partition coefficient (Wildman–Crippen LogP) is -0.696. The summed E-state index contributed by atoms with van der Waals surface area (Å²) in [7, 11) is 1.29. The number of methoxy groups -OCH3 is 1. The number of aliphatic hydroxyl groups is 1. The van der Waals surface area contributed by atoms with Gasteiger partial charge in [-0.15, -0.1) is 0 Å². The lowest BCUT2D eigenvalue weighted by molar-refractivity contribution is -0.142. The summed E-state index contributed by atoms with van der Waals surface area (Å²) in [6.45, 7) is 1.33. The zero-order valence-corrected chi connectivity index (χ0v) is 11.9. The second kappa shape index (κ2) is 6.23. The van der Waals surface area contributed by atoms with E-state index in [0.29, 0.717) is 12.0 Å². The second-order valence-electron chi connectivity index (χ2n) is 5.07. The van der Waals surface area contributed by atoms with Crippen LogP contribution in [0.15, 0.2) is 15.8 Å². The summed E-state index contributed by atoms with van der Waals surface area (Å²) in [4.78, 5) is 36.8. The molecule has 1 aromatic heterocycles. The number of H-pyrrole nitrogens is 1. The van der Waals surface area contributed by atoms with E-state index in [2.05, 4.69) is 9.72 Å². The van der Waals surface area contributed by atoms with Crippen molar-refractivity contribution in [3.63, 3.8) is 0 Å². The normalized spacial score (nSPS) is 25.0. The van der Waals surface area contributed by atoms with Gasteiger partial charge in [-0.25, -0.2) is 4.79 Å². The number of hydrogen-bond acceptors (Lipinski definition) is 6. The van der Waals surface area contributed by atoms with Crippen LogP contribution < -0.4 is 11.2 Å². The van der Waals surface area contributed by atoms with Crippen LogP contribution in [-0.2, 0) is 14.3 Å². The molecule has 1 aliphatic heterocycles. The summed E-state index contributed by atoms with van der Waals surface area (Å²) in [6.07, 6.45) is 0.732. The minimum atomic E-state index is -0.625. The molecule has 2 rings (SSSR count). The summed E-state index contributed by atoms with van der Waals surface area (Å²) >= 11 is 0. The molecule has 0 amide bonds. The zero-order chi connectivity index (χ0) is 15.6. The van der Waals surface area contributed by atoms with Crippen molar-refractivity contribution in [2.24, 2.45) is 5.92 Å². The van der Waals surface area contributed by atoms with Gasteiger partial charge >= 0.3 is 11.7 Å². The van der Waals surface area contributed by atoms with Crippen LogP contribution in [0.5, 0.6) is 0 Å². The molecule has 1 fully saturated rings. The molecule has 0 saturated carbocycles. The number of carbonyl (C=O) groups is 1. The third-order valence-electron chi connectivity index (χ3n) is 3.65. The maximum Gasteiger partial charge on any atom is 0.330 e. The molecular formula is C13H18N2O6. The largest absolute Gasteiger partial charge is 0.469 e. The van der Waals surface area contributed by atoms with Gasteiger partial charge in [0.15, 0.2) is 0 Å². The van der Waals surface area contributed by atoms with E-state index in [9.17, 15) is 19.5 Å². The average molecular weight is 298 g/mol. The van der Waals surface area contributed by atoms with Crippen LogP contribution in [0.1, 0.15) is 24.6 Å². The molecular weight excluding hydrogens is 280 g/mol. The fourth-order valence-electron chi connectivity index (χ4n) is 2.46. The van der Waals surface area contributed by atoms with Crippen LogP contribution in [0, 0.1) is 12.8 Å². The Morgan fingerprint density at radius 1 is 1.57 bits per heavy atom. The average Bonchev–Trinajstić information content (AvgIpc) is 2.85. The maximum absolute atomic E-state index is 11.8. The molecule has 0 bridgehead atoms. The van der Waals surface area contributed by atoms with Crippen LogP contribution in [0.4, 0.5) is 0 Å². The van der Waals surface area contributed by atoms with Crippen molar-refractivity contribution >= 4 is 5.97 Å². The molecule has 21 heavy (non-hydrogen) atoms. The Morgan fingerprint density at radius 2 is 2.29 bits per heavy atom. The van der Waals surface area contributed by atoms with E-state index in [-0.39, 0.29) is 18.9 Å². The monoisotopic (exact) mass is 298 g/mol. The number of aromatic amines is 1. The van der Waals surface area contributed by atoms with Crippen molar-refractivity contribution in [3.8, 4) is 0 Å². The highest BCUT2D eigenvalue weighted by molar-refractivity contribution is 5.69. The number of aryl methyl sites for hydroxylation is 1. The van der Waals surface area contributed by atoms with E-state index in [4.69, 9.17) is 4.74 Å². The number of ether oxygens (including phenoxy) is 2. The topological polar surface area (TPSA) is 111 Å². The lowest BCUT2D eigenvalue weighted by Crippen LogP contribution is -2.33. The number of esters is 1. The highest BCUT2D eigenvalue weighted by Crippen LogP contribution is 2.34. The first-order valence-electron chi connectivity index (χ1n) is 6.61. The van der Waals surface area contributed by atoms with Crippen molar-refractivity contribution in [2.45, 2.75) is 32.1 Å². The van der Waals surface area contributed by atoms with E-state index < -0.39 is 29.6 Å². The molecule has 116 valence electrons. The lowest BCUT2D eigenvalue weighted by atomic mass is 9.97. The Hall–Kier alpha value is -1.93. The number of hydrogen-bond donors (Lipinski definition) is 2. The van der Waals surface area contributed by atoms with Gasteiger partial charge in [-0.05, 0) is 13.3 Å². The van der Waals surface area contributed by atoms with Gasteiger partial charge in [0.2, 0.25) is 0 Å². The maximum atomic E-state index is 11.8. The number of aliphatic hydroxyl groups excluding tert-OH is 1. The fourth-order valence-corrected chi connectivity index (χ4v) is 2.46. The Kier molecular flexibility index (Phi) is 4.59. The Morgan fingerprint density at radius 3 is 2.90 bits per heavy atom. The number of nitrogens with zero attached hydrogens (tertiary/aromatic N) is 1. The highest BCUT2D eigenvalue weighted by atomic mass is 16.5. The molecule has 1 saturated heterocycles. The third kappa shape index (κ3) is 3.22. The third-order valence-corrected chi connectivity index (χ3v) is 3.65. The summed E-state index contributed by atoms with van der Waals surface area (Å²) in [5.41, 5.74) is -0.639. The molecule has 0 aromatic carbocycles. The van der Waals surface area contributed by atoms with E-state index in [1.54, 1.807) is 6.92 Å². The number of carbonyl (C=O) groups excluding carboxylic acids is 1. The SMILES string of the molecule is COC(=O)C[C@H]1C[C@H](n2cc(C)c(=O)[nH]c2=O)O[C@@H]1CO. The van der Waals surface area contributed by atoms with Gasteiger partial charge in [-0.2, -0.15) is 0 Å². The Balaban J connectivity index is 2.23. The van der Waals surface area contributed by atoms with Gasteiger partial charge in [0.05, 0.1) is 26.2 Å². The molecule has 1 aromatic rings. The predicted molar refractivity (Wildman–Crippen MR) is 71.8 cm³/mol. The summed E-state index contributed by atoms with van der Waals surface area (Å²) in [6, 6.07) is 0. The number of rotatable bonds is 4. The lowest BCUT2D eigenvalue weighted by Gasteiger charge is -2.15. The number of aromatic nitrogens is 2. The van der Waals surface area contributed by atoms with Gasteiger partial charge < -0.3 is 14.6 Å². The van der Waals surface area contributed by atoms with Crippen molar-refractivity contribution in [1.82, 2.24) is 9.55 Å². The van der Waals surface area contributed by atoms with Crippen LogP contribution in [0.2, 0.25) is 0 Å². The van der Waals surface area contributed by atoms with E-state index in [1.165, 1.54) is 17.9 Å². The first-order valence-corrected chi connectivity index (χ1v) is 6.61. The molecule has 2 heterocycles. The second-order valence-corrected chi connectivity index (χ2v) is 5.07. The molecule has 0 radical (unpaired) electrons. The Bertz CT molecular complexity index is 634. The van der Waals surface area contributed by atoms with Crippen LogP contribution in [0.25, 0.3) is 0 Å². The van der Waals surface area contributed by atoms with E-state index in [1.807, 2.05) is 0 Å². The first kappa shape index (κ1) is 15.5. The quantitative estimate of drug-likeness (QED) is 0.711. The molecule has 8 heteroatoms. The molecule has 3 atom stereocenters. The zero-order valence-electron chi connectivity index (χ0n) is 11.9. The first-order chi connectivity index (χ1) is 9.96. The molecule has 8 nitrogen and oxygen atoms in total. The van der Waals surface area contributed by atoms with Crippen LogP contribution in [0.3, 0.4) is 0 Å². The van der Waals surface area contributed by atoms with E-state index >= 15 is 0 Å². The summed E-state index contributed by atoms with van der Waals surface area (Å²) < 4.78 is 11.5. The van der Waals surface area contributed by atoms with Crippen molar-refractivity contribution in [2.75, 3.05) is 13.7 Å². The molecule has 0 spiro atoms.